The van der Waals surface area contributed by atoms with Gasteiger partial charge in [-0.2, -0.15) is 13.2 Å². The molecule has 12 heteroatoms. The third-order valence-electron chi connectivity index (χ3n) is 6.33. The van der Waals surface area contributed by atoms with E-state index in [0.29, 0.717) is 19.4 Å². The average Bonchev–Trinajstić information content (AvgIpc) is 3.20. The number of amides is 2. The van der Waals surface area contributed by atoms with Crippen LogP contribution in [-0.2, 0) is 6.18 Å². The number of pyridine rings is 1. The molecule has 1 atom stereocenters. The predicted octanol–water partition coefficient (Wildman–Crippen LogP) is 4.31. The number of anilines is 1. The molecule has 3 N–H and O–H groups in total. The molecule has 1 saturated heterocycles. The second-order valence-electron chi connectivity index (χ2n) is 10.6. The summed E-state index contributed by atoms with van der Waals surface area (Å²) >= 11 is 0.725. The molecule has 2 aromatic rings. The number of hydrogen-bond acceptors (Lipinski definition) is 7. The molecule has 0 unspecified atom stereocenters. The highest BCUT2D eigenvalue weighted by Crippen LogP contribution is 2.42. The molecule has 8 nitrogen and oxygen atoms in total. The van der Waals surface area contributed by atoms with Crippen LogP contribution in [0.25, 0.3) is 10.4 Å². The Morgan fingerprint density at radius 3 is 2.50 bits per heavy atom. The van der Waals surface area contributed by atoms with Crippen LogP contribution in [0.3, 0.4) is 0 Å². The van der Waals surface area contributed by atoms with E-state index in [4.69, 9.17) is 0 Å². The molecule has 4 rings (SSSR count). The molecule has 2 aromatic heterocycles. The Bertz CT molecular complexity index is 1170. The molecule has 1 aliphatic carbocycles. The number of halogens is 3. The largest absolute Gasteiger partial charge is 0.417 e. The number of nitrogens with one attached hydrogen (secondary N) is 2. The highest BCUT2D eigenvalue weighted by molar-refractivity contribution is 7.17. The van der Waals surface area contributed by atoms with Gasteiger partial charge in [0.15, 0.2) is 5.01 Å². The summed E-state index contributed by atoms with van der Waals surface area (Å²) in [5.41, 5.74) is -2.74. The van der Waals surface area contributed by atoms with Crippen molar-refractivity contribution in [2.24, 2.45) is 0 Å². The van der Waals surface area contributed by atoms with Crippen molar-refractivity contribution in [3.8, 4) is 10.4 Å². The van der Waals surface area contributed by atoms with E-state index in [1.165, 1.54) is 0 Å². The Morgan fingerprint density at radius 1 is 1.28 bits per heavy atom. The standard InChI is InChI=1S/C24H30F3N5O3S/c1-13-6-5-9-32(13)21(35)17-18(36-20(29-17)19(34)31-23(12-33)7-8-23)14-11-28-16(30-22(2,3)4)10-15(14)24(25,26)27/h10-11,13,33H,5-9,12H2,1-4H3,(H,28,30)(H,31,34)/t13-/m0/s1. The lowest BCUT2D eigenvalue weighted by Crippen LogP contribution is -2.39. The van der Waals surface area contributed by atoms with Gasteiger partial charge in [0.25, 0.3) is 11.8 Å². The molecule has 3 heterocycles. The number of carbonyl (C=O) groups is 2. The minimum absolute atomic E-state index is 0.0423. The summed E-state index contributed by atoms with van der Waals surface area (Å²) in [5, 5.41) is 15.1. The monoisotopic (exact) mass is 525 g/mol. The Morgan fingerprint density at radius 2 is 1.97 bits per heavy atom. The van der Waals surface area contributed by atoms with Crippen LogP contribution in [0, 0.1) is 0 Å². The van der Waals surface area contributed by atoms with Gasteiger partial charge in [0, 0.05) is 29.9 Å². The van der Waals surface area contributed by atoms with Crippen LogP contribution < -0.4 is 10.6 Å². The van der Waals surface area contributed by atoms with E-state index in [2.05, 4.69) is 20.6 Å². The van der Waals surface area contributed by atoms with Crippen LogP contribution in [0.1, 0.15) is 79.2 Å². The van der Waals surface area contributed by atoms with Gasteiger partial charge in [-0.1, -0.05) is 0 Å². The fourth-order valence-electron chi connectivity index (χ4n) is 4.21. The minimum Gasteiger partial charge on any atom is -0.394 e. The fraction of sp³-hybridized carbons (Fsp3) is 0.583. The second-order valence-corrected chi connectivity index (χ2v) is 11.6. The first-order valence-electron chi connectivity index (χ1n) is 11.8. The van der Waals surface area contributed by atoms with E-state index in [-0.39, 0.29) is 39.6 Å². The van der Waals surface area contributed by atoms with Gasteiger partial charge in [-0.05, 0) is 59.4 Å². The number of alkyl halides is 3. The molecule has 1 saturated carbocycles. The van der Waals surface area contributed by atoms with Gasteiger partial charge in [0.05, 0.1) is 22.6 Å². The molecule has 2 amide bonds. The smallest absolute Gasteiger partial charge is 0.394 e. The number of aliphatic hydroxyl groups excluding tert-OH is 1. The summed E-state index contributed by atoms with van der Waals surface area (Å²) in [6, 6.07) is 0.824. The first-order chi connectivity index (χ1) is 16.7. The van der Waals surface area contributed by atoms with E-state index in [1.54, 1.807) is 25.7 Å². The van der Waals surface area contributed by atoms with Crippen molar-refractivity contribution in [3.05, 3.63) is 28.5 Å². The van der Waals surface area contributed by atoms with Gasteiger partial charge in [-0.25, -0.2) is 9.97 Å². The number of thiazole rings is 1. The molecule has 1 aliphatic heterocycles. The predicted molar refractivity (Wildman–Crippen MR) is 130 cm³/mol. The Balaban J connectivity index is 1.82. The van der Waals surface area contributed by atoms with Gasteiger partial charge in [-0.3, -0.25) is 9.59 Å². The average molecular weight is 526 g/mol. The Kier molecular flexibility index (Phi) is 6.80. The molecule has 2 fully saturated rings. The van der Waals surface area contributed by atoms with E-state index >= 15 is 0 Å². The van der Waals surface area contributed by atoms with Gasteiger partial charge >= 0.3 is 6.18 Å². The van der Waals surface area contributed by atoms with Gasteiger partial charge in [-0.15, -0.1) is 11.3 Å². The summed E-state index contributed by atoms with van der Waals surface area (Å²) in [6.45, 7) is 7.49. The molecule has 0 spiro atoms. The number of rotatable bonds is 6. The molecule has 2 aliphatic rings. The van der Waals surface area contributed by atoms with E-state index < -0.39 is 34.6 Å². The molecule has 0 bridgehead atoms. The van der Waals surface area contributed by atoms with E-state index in [0.717, 1.165) is 36.4 Å². The number of aromatic nitrogens is 2. The zero-order valence-electron chi connectivity index (χ0n) is 20.6. The topological polar surface area (TPSA) is 107 Å². The maximum atomic E-state index is 14.2. The maximum Gasteiger partial charge on any atom is 0.417 e. The van der Waals surface area contributed by atoms with Crippen molar-refractivity contribution in [2.45, 2.75) is 76.7 Å². The first-order valence-corrected chi connectivity index (χ1v) is 12.7. The van der Waals surface area contributed by atoms with Crippen molar-refractivity contribution in [1.29, 1.82) is 0 Å². The summed E-state index contributed by atoms with van der Waals surface area (Å²) in [4.78, 5) is 36.3. The zero-order chi connectivity index (χ0) is 26.5. The Hall–Kier alpha value is -2.73. The summed E-state index contributed by atoms with van der Waals surface area (Å²) < 4.78 is 42.6. The first kappa shape index (κ1) is 26.3. The summed E-state index contributed by atoms with van der Waals surface area (Å²) in [7, 11) is 0. The second kappa shape index (κ2) is 9.29. The van der Waals surface area contributed by atoms with Crippen LogP contribution >= 0.6 is 11.3 Å². The molecule has 0 radical (unpaired) electrons. The number of likely N-dealkylation sites (tertiary alicyclic amines) is 1. The minimum atomic E-state index is -4.74. The summed E-state index contributed by atoms with van der Waals surface area (Å²) in [5.74, 6) is -1.10. The van der Waals surface area contributed by atoms with Gasteiger partial charge in [0.1, 0.15) is 11.5 Å². The third kappa shape index (κ3) is 5.49. The van der Waals surface area contributed by atoms with Crippen LogP contribution in [0.4, 0.5) is 19.0 Å². The number of aliphatic hydroxyl groups is 1. The van der Waals surface area contributed by atoms with Crippen molar-refractivity contribution in [3.63, 3.8) is 0 Å². The van der Waals surface area contributed by atoms with Crippen LogP contribution in [0.5, 0.6) is 0 Å². The summed E-state index contributed by atoms with van der Waals surface area (Å²) in [6.07, 6.45) is -0.924. The lowest BCUT2D eigenvalue weighted by atomic mass is 10.1. The molecular weight excluding hydrogens is 495 g/mol. The molecule has 0 aromatic carbocycles. The quantitative estimate of drug-likeness (QED) is 0.519. The van der Waals surface area contributed by atoms with Crippen molar-refractivity contribution >= 4 is 29.0 Å². The normalized spacial score (nSPS) is 19.3. The van der Waals surface area contributed by atoms with Crippen molar-refractivity contribution < 1.29 is 27.9 Å². The van der Waals surface area contributed by atoms with E-state index in [9.17, 15) is 27.9 Å². The van der Waals surface area contributed by atoms with Gasteiger partial charge in [0.2, 0.25) is 0 Å². The molecule has 36 heavy (non-hydrogen) atoms. The maximum absolute atomic E-state index is 14.2. The van der Waals surface area contributed by atoms with Gasteiger partial charge < -0.3 is 20.6 Å². The van der Waals surface area contributed by atoms with Crippen LogP contribution in [0.2, 0.25) is 0 Å². The zero-order valence-corrected chi connectivity index (χ0v) is 21.4. The van der Waals surface area contributed by atoms with E-state index in [1.807, 2.05) is 6.92 Å². The molecule has 196 valence electrons. The fourth-order valence-corrected chi connectivity index (χ4v) is 5.18. The third-order valence-corrected chi connectivity index (χ3v) is 7.42. The van der Waals surface area contributed by atoms with Crippen molar-refractivity contribution in [2.75, 3.05) is 18.5 Å². The van der Waals surface area contributed by atoms with Crippen LogP contribution in [-0.4, -0.2) is 62.1 Å². The highest BCUT2D eigenvalue weighted by Gasteiger charge is 2.44. The SMILES string of the molecule is C[C@H]1CCCN1C(=O)c1nc(C(=O)NC2(CO)CC2)sc1-c1cnc(NC(C)(C)C)cc1C(F)(F)F. The lowest BCUT2D eigenvalue weighted by molar-refractivity contribution is -0.137. The number of nitrogens with zero attached hydrogens (tertiary/aromatic N) is 3. The number of carbonyl (C=O) groups excluding carboxylic acids is 2. The van der Waals surface area contributed by atoms with Crippen molar-refractivity contribution in [1.82, 2.24) is 20.2 Å². The lowest BCUT2D eigenvalue weighted by Gasteiger charge is -2.23. The molecular formula is C24H30F3N5O3S. The highest BCUT2D eigenvalue weighted by atomic mass is 32.1. The number of hydrogen-bond donors (Lipinski definition) is 3. The Labute approximate surface area is 211 Å². The van der Waals surface area contributed by atoms with Crippen LogP contribution in [0.15, 0.2) is 12.3 Å².